The van der Waals surface area contributed by atoms with Crippen molar-refractivity contribution in [1.29, 1.82) is 0 Å². The number of anilines is 1. The van der Waals surface area contributed by atoms with Gasteiger partial charge in [-0.15, -0.1) is 0 Å². The Bertz CT molecular complexity index is 313. The van der Waals surface area contributed by atoms with Gasteiger partial charge < -0.3 is 16.4 Å². The summed E-state index contributed by atoms with van der Waals surface area (Å²) in [5, 5.41) is 5.47. The fourth-order valence-corrected chi connectivity index (χ4v) is 1.39. The Balaban J connectivity index is 2.26. The molecule has 1 atom stereocenters. The Morgan fingerprint density at radius 2 is 2.06 bits per heavy atom. The summed E-state index contributed by atoms with van der Waals surface area (Å²) in [6.07, 6.45) is 1.95. The van der Waals surface area contributed by atoms with Crippen LogP contribution in [0.2, 0.25) is 0 Å². The Labute approximate surface area is 96.2 Å². The molecule has 0 fully saturated rings. The van der Waals surface area contributed by atoms with Crippen molar-refractivity contribution >= 4 is 11.7 Å². The van der Waals surface area contributed by atoms with Gasteiger partial charge in [-0.3, -0.25) is 0 Å². The average Bonchev–Trinajstić information content (AvgIpc) is 2.28. The van der Waals surface area contributed by atoms with E-state index < -0.39 is 0 Å². The number of nitrogens with one attached hydrogen (secondary N) is 2. The SMILES string of the molecule is CCCC(N)CNC(=O)Nc1ccccc1. The van der Waals surface area contributed by atoms with Crippen LogP contribution in [0.1, 0.15) is 19.8 Å². The Hall–Kier alpha value is -1.55. The van der Waals surface area contributed by atoms with Crippen LogP contribution in [0.3, 0.4) is 0 Å². The van der Waals surface area contributed by atoms with Crippen molar-refractivity contribution in [3.05, 3.63) is 30.3 Å². The molecule has 0 aliphatic carbocycles. The maximum absolute atomic E-state index is 11.4. The molecule has 4 N–H and O–H groups in total. The average molecular weight is 221 g/mol. The summed E-state index contributed by atoms with van der Waals surface area (Å²) in [5.74, 6) is 0. The first-order valence-corrected chi connectivity index (χ1v) is 5.58. The quantitative estimate of drug-likeness (QED) is 0.711. The minimum Gasteiger partial charge on any atom is -0.336 e. The largest absolute Gasteiger partial charge is 0.336 e. The van der Waals surface area contributed by atoms with E-state index in [1.807, 2.05) is 30.3 Å². The van der Waals surface area contributed by atoms with Crippen LogP contribution in [-0.2, 0) is 0 Å². The highest BCUT2D eigenvalue weighted by atomic mass is 16.2. The van der Waals surface area contributed by atoms with Gasteiger partial charge >= 0.3 is 6.03 Å². The van der Waals surface area contributed by atoms with Gasteiger partial charge in [-0.25, -0.2) is 4.79 Å². The first-order valence-electron chi connectivity index (χ1n) is 5.58. The van der Waals surface area contributed by atoms with Gasteiger partial charge in [-0.05, 0) is 18.6 Å². The molecule has 4 nitrogen and oxygen atoms in total. The number of carbonyl (C=O) groups is 1. The summed E-state index contributed by atoms with van der Waals surface area (Å²) in [6, 6.07) is 9.15. The molecule has 0 radical (unpaired) electrons. The number of hydrogen-bond donors (Lipinski definition) is 3. The van der Waals surface area contributed by atoms with Gasteiger partial charge in [0.2, 0.25) is 0 Å². The van der Waals surface area contributed by atoms with Crippen LogP contribution < -0.4 is 16.4 Å². The van der Waals surface area contributed by atoms with Crippen molar-refractivity contribution in [1.82, 2.24) is 5.32 Å². The Kier molecular flexibility index (Phi) is 5.36. The molecule has 0 aliphatic rings. The molecule has 4 heteroatoms. The van der Waals surface area contributed by atoms with Crippen molar-refractivity contribution in [2.75, 3.05) is 11.9 Å². The third-order valence-electron chi connectivity index (χ3n) is 2.22. The van der Waals surface area contributed by atoms with E-state index in [0.29, 0.717) is 6.54 Å². The van der Waals surface area contributed by atoms with Crippen molar-refractivity contribution in [2.24, 2.45) is 5.73 Å². The molecule has 0 aliphatic heterocycles. The zero-order valence-electron chi connectivity index (χ0n) is 9.57. The molecule has 0 heterocycles. The zero-order valence-corrected chi connectivity index (χ0v) is 9.57. The van der Waals surface area contributed by atoms with Crippen LogP contribution in [0.4, 0.5) is 10.5 Å². The number of hydrogen-bond acceptors (Lipinski definition) is 2. The van der Waals surface area contributed by atoms with E-state index in [1.165, 1.54) is 0 Å². The van der Waals surface area contributed by atoms with Gasteiger partial charge in [-0.1, -0.05) is 31.5 Å². The van der Waals surface area contributed by atoms with Crippen LogP contribution in [0.25, 0.3) is 0 Å². The first-order chi connectivity index (χ1) is 7.72. The van der Waals surface area contributed by atoms with E-state index in [4.69, 9.17) is 5.73 Å². The highest BCUT2D eigenvalue weighted by Gasteiger charge is 2.04. The predicted octanol–water partition coefficient (Wildman–Crippen LogP) is 1.94. The molecule has 1 aromatic rings. The fraction of sp³-hybridized carbons (Fsp3) is 0.417. The normalized spacial score (nSPS) is 11.9. The van der Waals surface area contributed by atoms with Crippen molar-refractivity contribution in [2.45, 2.75) is 25.8 Å². The Morgan fingerprint density at radius 3 is 2.69 bits per heavy atom. The van der Waals surface area contributed by atoms with Crippen LogP contribution >= 0.6 is 0 Å². The van der Waals surface area contributed by atoms with Crippen LogP contribution in [-0.4, -0.2) is 18.6 Å². The molecule has 1 unspecified atom stereocenters. The number of carbonyl (C=O) groups excluding carboxylic acids is 1. The third kappa shape index (κ3) is 4.79. The van der Waals surface area contributed by atoms with E-state index in [0.717, 1.165) is 18.5 Å². The van der Waals surface area contributed by atoms with E-state index in [-0.39, 0.29) is 12.1 Å². The van der Waals surface area contributed by atoms with Crippen LogP contribution in [0.15, 0.2) is 30.3 Å². The second-order valence-electron chi connectivity index (χ2n) is 3.75. The molecule has 0 aromatic heterocycles. The number of benzene rings is 1. The van der Waals surface area contributed by atoms with E-state index in [2.05, 4.69) is 17.6 Å². The van der Waals surface area contributed by atoms with E-state index >= 15 is 0 Å². The minimum absolute atomic E-state index is 0.0338. The van der Waals surface area contributed by atoms with Crippen molar-refractivity contribution < 1.29 is 4.79 Å². The molecule has 88 valence electrons. The standard InChI is InChI=1S/C12H19N3O/c1-2-6-10(13)9-14-12(16)15-11-7-4-3-5-8-11/h3-5,7-8,10H,2,6,9,13H2,1H3,(H2,14,15,16). The molecule has 2 amide bonds. The maximum atomic E-state index is 11.4. The summed E-state index contributed by atoms with van der Waals surface area (Å²) in [5.41, 5.74) is 6.56. The van der Waals surface area contributed by atoms with Gasteiger partial charge in [0.1, 0.15) is 0 Å². The molecular formula is C12H19N3O. The number of urea groups is 1. The molecule has 0 bridgehead atoms. The summed E-state index contributed by atoms with van der Waals surface area (Å²) >= 11 is 0. The lowest BCUT2D eigenvalue weighted by Gasteiger charge is -2.12. The van der Waals surface area contributed by atoms with Gasteiger partial charge in [-0.2, -0.15) is 0 Å². The number of nitrogens with two attached hydrogens (primary N) is 1. The Morgan fingerprint density at radius 1 is 1.38 bits per heavy atom. The summed E-state index contributed by atoms with van der Waals surface area (Å²) in [7, 11) is 0. The summed E-state index contributed by atoms with van der Waals surface area (Å²) < 4.78 is 0. The third-order valence-corrected chi connectivity index (χ3v) is 2.22. The van der Waals surface area contributed by atoms with Gasteiger partial charge in [0, 0.05) is 18.3 Å². The van der Waals surface area contributed by atoms with Crippen molar-refractivity contribution in [3.8, 4) is 0 Å². The first kappa shape index (κ1) is 12.5. The predicted molar refractivity (Wildman–Crippen MR) is 66.3 cm³/mol. The maximum Gasteiger partial charge on any atom is 0.319 e. The second-order valence-corrected chi connectivity index (χ2v) is 3.75. The van der Waals surface area contributed by atoms with Crippen LogP contribution in [0, 0.1) is 0 Å². The van der Waals surface area contributed by atoms with Gasteiger partial charge in [0.15, 0.2) is 0 Å². The second kappa shape index (κ2) is 6.85. The monoisotopic (exact) mass is 221 g/mol. The molecule has 0 saturated carbocycles. The number of rotatable bonds is 5. The lowest BCUT2D eigenvalue weighted by atomic mass is 10.2. The molecule has 1 aromatic carbocycles. The fourth-order valence-electron chi connectivity index (χ4n) is 1.39. The van der Waals surface area contributed by atoms with E-state index in [9.17, 15) is 4.79 Å². The smallest absolute Gasteiger partial charge is 0.319 e. The minimum atomic E-state index is -0.210. The molecule has 0 saturated heterocycles. The topological polar surface area (TPSA) is 67.1 Å². The number of para-hydroxylation sites is 1. The van der Waals surface area contributed by atoms with Crippen LogP contribution in [0.5, 0.6) is 0 Å². The zero-order chi connectivity index (χ0) is 11.8. The molecular weight excluding hydrogens is 202 g/mol. The van der Waals surface area contributed by atoms with Crippen molar-refractivity contribution in [3.63, 3.8) is 0 Å². The highest BCUT2D eigenvalue weighted by molar-refractivity contribution is 5.89. The molecule has 16 heavy (non-hydrogen) atoms. The highest BCUT2D eigenvalue weighted by Crippen LogP contribution is 2.04. The number of amides is 2. The summed E-state index contributed by atoms with van der Waals surface area (Å²) in [4.78, 5) is 11.4. The lowest BCUT2D eigenvalue weighted by molar-refractivity contribution is 0.251. The van der Waals surface area contributed by atoms with Gasteiger partial charge in [0.25, 0.3) is 0 Å². The molecule has 1 rings (SSSR count). The van der Waals surface area contributed by atoms with Gasteiger partial charge in [0.05, 0.1) is 0 Å². The summed E-state index contributed by atoms with van der Waals surface area (Å²) in [6.45, 7) is 2.58. The van der Waals surface area contributed by atoms with E-state index in [1.54, 1.807) is 0 Å². The lowest BCUT2D eigenvalue weighted by Crippen LogP contribution is -2.39. The molecule has 0 spiro atoms.